The van der Waals surface area contributed by atoms with Gasteiger partial charge in [-0.1, -0.05) is 27.6 Å². The van der Waals surface area contributed by atoms with E-state index in [0.717, 1.165) is 15.6 Å². The molecule has 0 unspecified atom stereocenters. The number of halogens is 2. The first-order chi connectivity index (χ1) is 9.43. The van der Waals surface area contributed by atoms with Crippen molar-refractivity contribution < 1.29 is 13.9 Å². The minimum Gasteiger partial charge on any atom is -0.496 e. The second-order valence-corrected chi connectivity index (χ2v) is 5.47. The zero-order valence-corrected chi connectivity index (χ0v) is 13.0. The quantitative estimate of drug-likeness (QED) is 0.774. The highest BCUT2D eigenvalue weighted by molar-refractivity contribution is 9.10. The summed E-state index contributed by atoms with van der Waals surface area (Å²) in [5, 5.41) is 0. The van der Waals surface area contributed by atoms with Crippen LogP contribution >= 0.6 is 15.9 Å². The molecule has 2 aromatic rings. The van der Waals surface area contributed by atoms with Crippen LogP contribution in [-0.2, 0) is 0 Å². The first kappa shape index (κ1) is 14.7. The smallest absolute Gasteiger partial charge is 0.199 e. The Kier molecular flexibility index (Phi) is 4.23. The summed E-state index contributed by atoms with van der Waals surface area (Å²) >= 11 is 3.38. The largest absolute Gasteiger partial charge is 0.496 e. The van der Waals surface area contributed by atoms with Crippen LogP contribution in [0.15, 0.2) is 34.8 Å². The maximum absolute atomic E-state index is 13.8. The predicted octanol–water partition coefficient (Wildman–Crippen LogP) is 4.44. The van der Waals surface area contributed by atoms with Crippen LogP contribution in [0.3, 0.4) is 0 Å². The first-order valence-electron chi connectivity index (χ1n) is 6.09. The standard InChI is InChI=1S/C16H14BrFO2/c1-9-4-5-14(18)11(6-9)16(19)12-8-13(17)10(2)7-15(12)20-3/h4-8H,1-3H3. The van der Waals surface area contributed by atoms with E-state index >= 15 is 0 Å². The number of carbonyl (C=O) groups is 1. The van der Waals surface area contributed by atoms with Gasteiger partial charge in [0.05, 0.1) is 18.2 Å². The SMILES string of the molecule is COc1cc(C)c(Br)cc1C(=O)c1cc(C)ccc1F. The first-order valence-corrected chi connectivity index (χ1v) is 6.88. The van der Waals surface area contributed by atoms with E-state index in [1.807, 2.05) is 13.8 Å². The third-order valence-corrected chi connectivity index (χ3v) is 3.95. The van der Waals surface area contributed by atoms with Crippen LogP contribution in [0.4, 0.5) is 4.39 Å². The maximum Gasteiger partial charge on any atom is 0.199 e. The molecule has 0 amide bonds. The summed E-state index contributed by atoms with van der Waals surface area (Å²) in [5.41, 5.74) is 2.18. The van der Waals surface area contributed by atoms with E-state index in [1.54, 1.807) is 24.3 Å². The van der Waals surface area contributed by atoms with Crippen molar-refractivity contribution in [3.05, 3.63) is 62.9 Å². The van der Waals surface area contributed by atoms with Gasteiger partial charge in [0.2, 0.25) is 0 Å². The Bertz CT molecular complexity index is 680. The van der Waals surface area contributed by atoms with E-state index in [0.29, 0.717) is 11.3 Å². The summed E-state index contributed by atoms with van der Waals surface area (Å²) in [6, 6.07) is 7.90. The molecule has 0 aliphatic carbocycles. The van der Waals surface area contributed by atoms with E-state index < -0.39 is 5.82 Å². The van der Waals surface area contributed by atoms with Gasteiger partial charge in [-0.25, -0.2) is 4.39 Å². The molecule has 0 N–H and O–H groups in total. The lowest BCUT2D eigenvalue weighted by atomic mass is 9.99. The normalized spacial score (nSPS) is 10.4. The lowest BCUT2D eigenvalue weighted by molar-refractivity contribution is 0.103. The number of rotatable bonds is 3. The van der Waals surface area contributed by atoms with Crippen molar-refractivity contribution in [1.82, 2.24) is 0 Å². The molecule has 0 saturated heterocycles. The van der Waals surface area contributed by atoms with Gasteiger partial charge in [-0.2, -0.15) is 0 Å². The fraction of sp³-hybridized carbons (Fsp3) is 0.188. The monoisotopic (exact) mass is 336 g/mol. The maximum atomic E-state index is 13.8. The molecule has 0 heterocycles. The molecular weight excluding hydrogens is 323 g/mol. The van der Waals surface area contributed by atoms with Gasteiger partial charge >= 0.3 is 0 Å². The van der Waals surface area contributed by atoms with Crippen molar-refractivity contribution >= 4 is 21.7 Å². The zero-order chi connectivity index (χ0) is 14.9. The predicted molar refractivity (Wildman–Crippen MR) is 80.0 cm³/mol. The molecule has 0 aliphatic rings. The van der Waals surface area contributed by atoms with Crippen molar-refractivity contribution in [2.75, 3.05) is 7.11 Å². The fourth-order valence-corrected chi connectivity index (χ4v) is 2.30. The molecule has 0 spiro atoms. The third-order valence-electron chi connectivity index (χ3n) is 3.09. The summed E-state index contributed by atoms with van der Waals surface area (Å²) in [5.74, 6) is -0.472. The van der Waals surface area contributed by atoms with E-state index in [9.17, 15) is 9.18 Å². The Morgan fingerprint density at radius 1 is 1.15 bits per heavy atom. The summed E-state index contributed by atoms with van der Waals surface area (Å²) in [7, 11) is 1.49. The number of hydrogen-bond donors (Lipinski definition) is 0. The highest BCUT2D eigenvalue weighted by atomic mass is 79.9. The van der Waals surface area contributed by atoms with Crippen LogP contribution in [0.2, 0.25) is 0 Å². The van der Waals surface area contributed by atoms with Gasteiger partial charge in [0.25, 0.3) is 0 Å². The Balaban J connectivity index is 2.58. The molecular formula is C16H14BrFO2. The average Bonchev–Trinajstić information content (AvgIpc) is 2.43. The van der Waals surface area contributed by atoms with Crippen LogP contribution in [0.1, 0.15) is 27.0 Å². The minimum atomic E-state index is -0.528. The minimum absolute atomic E-state index is 0.0547. The summed E-state index contributed by atoms with van der Waals surface area (Å²) in [6.45, 7) is 3.71. The fourth-order valence-electron chi connectivity index (χ4n) is 1.96. The summed E-state index contributed by atoms with van der Waals surface area (Å²) in [4.78, 5) is 12.5. The molecule has 0 saturated carbocycles. The van der Waals surface area contributed by atoms with Crippen molar-refractivity contribution in [3.63, 3.8) is 0 Å². The van der Waals surface area contributed by atoms with E-state index in [1.165, 1.54) is 13.2 Å². The molecule has 2 rings (SSSR count). The second kappa shape index (κ2) is 5.75. The number of aryl methyl sites for hydroxylation is 2. The molecule has 2 nitrogen and oxygen atoms in total. The van der Waals surface area contributed by atoms with Gasteiger partial charge in [-0.05, 0) is 43.7 Å². The van der Waals surface area contributed by atoms with Crippen molar-refractivity contribution in [1.29, 1.82) is 0 Å². The Hall–Kier alpha value is -1.68. The van der Waals surface area contributed by atoms with E-state index in [2.05, 4.69) is 15.9 Å². The topological polar surface area (TPSA) is 26.3 Å². The number of carbonyl (C=O) groups excluding carboxylic acids is 1. The Morgan fingerprint density at radius 3 is 2.50 bits per heavy atom. The Morgan fingerprint density at radius 2 is 1.85 bits per heavy atom. The molecule has 104 valence electrons. The van der Waals surface area contributed by atoms with Crippen LogP contribution in [0.5, 0.6) is 5.75 Å². The van der Waals surface area contributed by atoms with Gasteiger partial charge in [0.15, 0.2) is 5.78 Å². The van der Waals surface area contributed by atoms with Gasteiger partial charge in [0.1, 0.15) is 11.6 Å². The van der Waals surface area contributed by atoms with Gasteiger partial charge in [0, 0.05) is 4.47 Å². The van der Waals surface area contributed by atoms with E-state index in [-0.39, 0.29) is 11.3 Å². The lowest BCUT2D eigenvalue weighted by Gasteiger charge is -2.11. The molecule has 0 atom stereocenters. The zero-order valence-electron chi connectivity index (χ0n) is 11.5. The number of methoxy groups -OCH3 is 1. The number of benzene rings is 2. The van der Waals surface area contributed by atoms with Crippen molar-refractivity contribution in [2.45, 2.75) is 13.8 Å². The van der Waals surface area contributed by atoms with E-state index in [4.69, 9.17) is 4.74 Å². The van der Waals surface area contributed by atoms with Crippen LogP contribution < -0.4 is 4.74 Å². The number of hydrogen-bond acceptors (Lipinski definition) is 2. The van der Waals surface area contributed by atoms with Gasteiger partial charge in [-0.3, -0.25) is 4.79 Å². The molecule has 0 aliphatic heterocycles. The molecule has 0 aromatic heterocycles. The average molecular weight is 337 g/mol. The number of ether oxygens (including phenoxy) is 1. The Labute approximate surface area is 125 Å². The summed E-state index contributed by atoms with van der Waals surface area (Å²) < 4.78 is 19.9. The lowest BCUT2D eigenvalue weighted by Crippen LogP contribution is -2.07. The molecule has 0 fully saturated rings. The van der Waals surface area contributed by atoms with Crippen LogP contribution in [-0.4, -0.2) is 12.9 Å². The van der Waals surface area contributed by atoms with Gasteiger partial charge < -0.3 is 4.74 Å². The molecule has 0 radical (unpaired) electrons. The van der Waals surface area contributed by atoms with Crippen LogP contribution in [0, 0.1) is 19.7 Å². The molecule has 2 aromatic carbocycles. The third kappa shape index (κ3) is 2.75. The highest BCUT2D eigenvalue weighted by Crippen LogP contribution is 2.29. The highest BCUT2D eigenvalue weighted by Gasteiger charge is 2.19. The summed E-state index contributed by atoms with van der Waals surface area (Å²) in [6.07, 6.45) is 0. The second-order valence-electron chi connectivity index (χ2n) is 4.61. The van der Waals surface area contributed by atoms with Crippen molar-refractivity contribution in [2.24, 2.45) is 0 Å². The van der Waals surface area contributed by atoms with Gasteiger partial charge in [-0.15, -0.1) is 0 Å². The number of ketones is 1. The van der Waals surface area contributed by atoms with Crippen molar-refractivity contribution in [3.8, 4) is 5.75 Å². The molecule has 4 heteroatoms. The molecule has 0 bridgehead atoms. The molecule has 20 heavy (non-hydrogen) atoms. The van der Waals surface area contributed by atoms with Crippen LogP contribution in [0.25, 0.3) is 0 Å².